The van der Waals surface area contributed by atoms with E-state index in [0.29, 0.717) is 0 Å². The Bertz CT molecular complexity index is 1690. The molecule has 1 fully saturated rings. The van der Waals surface area contributed by atoms with Gasteiger partial charge in [0.05, 0.1) is 5.56 Å². The number of nitrogen functional groups attached to an aromatic ring is 1. The number of phenols is 1. The minimum absolute atomic E-state index is 0.00995. The molecule has 1 saturated carbocycles. The number of amides is 3. The molecular formula is C32H37F3N4O9. The minimum Gasteiger partial charge on any atom is -0.508 e. The molecule has 0 bridgehead atoms. The Morgan fingerprint density at radius 3 is 2.21 bits per heavy atom. The van der Waals surface area contributed by atoms with Crippen LogP contribution in [0.3, 0.4) is 0 Å². The van der Waals surface area contributed by atoms with Crippen molar-refractivity contribution < 1.29 is 57.5 Å². The molecular weight excluding hydrogens is 641 g/mol. The zero-order chi connectivity index (χ0) is 36.3. The summed E-state index contributed by atoms with van der Waals surface area (Å²) in [4.78, 5) is 50.3. The zero-order valence-electron chi connectivity index (χ0n) is 26.5. The molecule has 3 atom stereocenters. The maximum absolute atomic E-state index is 13.6. The Kier molecular flexibility index (Phi) is 11.0. The van der Waals surface area contributed by atoms with E-state index in [2.05, 4.69) is 15.4 Å². The fraction of sp³-hybridized carbons (Fsp3) is 0.375. The number of nitrogens with one attached hydrogen (secondary N) is 2. The van der Waals surface area contributed by atoms with Crippen molar-refractivity contribution in [3.8, 4) is 11.5 Å². The van der Waals surface area contributed by atoms with E-state index in [4.69, 9.17) is 11.5 Å². The van der Waals surface area contributed by atoms with Crippen LogP contribution >= 0.6 is 0 Å². The zero-order valence-corrected chi connectivity index (χ0v) is 26.5. The molecule has 0 aliphatic heterocycles. The van der Waals surface area contributed by atoms with Gasteiger partial charge >= 0.3 is 12.4 Å². The number of halogens is 3. The molecule has 0 aromatic heterocycles. The number of hydrogen-bond acceptors (Lipinski definition) is 10. The van der Waals surface area contributed by atoms with Gasteiger partial charge in [0.2, 0.25) is 5.78 Å². The van der Waals surface area contributed by atoms with Crippen LogP contribution in [0.2, 0.25) is 0 Å². The van der Waals surface area contributed by atoms with E-state index in [-0.39, 0.29) is 53.0 Å². The second kappa shape index (κ2) is 14.3. The number of fused-ring (bicyclic) bond motifs is 3. The lowest BCUT2D eigenvalue weighted by molar-refractivity contribution is -0.274. The molecule has 3 amide bonds. The summed E-state index contributed by atoms with van der Waals surface area (Å²) in [5.74, 6) is -8.21. The SMILES string of the molecule is CC.CC.NC(=O)C1=C(O)[C@@]2(O)C(=O)C3=C(O)c4c(O)c(CNC(=O)Nc5ccc(OC(F)(F)F)cc5)cc(N)c4CC3C[C@H]2CC1=O. The molecule has 1 unspecified atom stereocenters. The highest BCUT2D eigenvalue weighted by atomic mass is 19.4. The summed E-state index contributed by atoms with van der Waals surface area (Å²) in [7, 11) is 0. The molecule has 2 aromatic rings. The predicted octanol–water partition coefficient (Wildman–Crippen LogP) is 4.28. The average molecular weight is 679 g/mol. The van der Waals surface area contributed by atoms with Crippen LogP contribution in [0.1, 0.15) is 57.2 Å². The lowest BCUT2D eigenvalue weighted by Crippen LogP contribution is -2.58. The highest BCUT2D eigenvalue weighted by molar-refractivity contribution is 6.22. The van der Waals surface area contributed by atoms with Crippen molar-refractivity contribution >= 4 is 40.6 Å². The fourth-order valence-electron chi connectivity index (χ4n) is 6.00. The number of ketones is 2. The van der Waals surface area contributed by atoms with Crippen molar-refractivity contribution in [2.75, 3.05) is 11.1 Å². The Balaban J connectivity index is 0.00000151. The smallest absolute Gasteiger partial charge is 0.508 e. The number of benzene rings is 2. The monoisotopic (exact) mass is 678 g/mol. The number of carbonyl (C=O) groups excluding carboxylic acids is 4. The van der Waals surface area contributed by atoms with Crippen molar-refractivity contribution in [2.45, 2.75) is 65.5 Å². The first-order valence-corrected chi connectivity index (χ1v) is 15.0. The van der Waals surface area contributed by atoms with Crippen LogP contribution in [0.5, 0.6) is 11.5 Å². The number of urea groups is 1. The van der Waals surface area contributed by atoms with Gasteiger partial charge in [0.1, 0.15) is 28.6 Å². The number of aliphatic hydroxyl groups excluding tert-OH is 2. The van der Waals surface area contributed by atoms with E-state index < -0.39 is 82.3 Å². The lowest BCUT2D eigenvalue weighted by Gasteiger charge is -2.46. The Morgan fingerprint density at radius 1 is 1.04 bits per heavy atom. The van der Waals surface area contributed by atoms with Crippen molar-refractivity contribution in [1.29, 1.82) is 0 Å². The number of Topliss-reactive ketones (excluding diaryl/α,β-unsaturated/α-hetero) is 2. The van der Waals surface area contributed by atoms with Gasteiger partial charge in [-0.3, -0.25) is 14.4 Å². The average Bonchev–Trinajstić information content (AvgIpc) is 3.02. The van der Waals surface area contributed by atoms with Crippen LogP contribution in [0.15, 0.2) is 47.2 Å². The number of nitrogens with two attached hydrogens (primary N) is 2. The van der Waals surface area contributed by atoms with Crippen molar-refractivity contribution in [1.82, 2.24) is 5.32 Å². The summed E-state index contributed by atoms with van der Waals surface area (Å²) in [6, 6.07) is 4.83. The standard InChI is InChI=1S/C28H25F3N4O9.2C2H6/c29-28(30,31)44-14-3-1-13(2-4-14)35-26(42)34-9-11-7-16(32)15-6-10-5-12-8-17(36)20(25(33)41)24(40)27(12,43)23(39)18(10)22(38)19(15)21(11)37;2*1-2/h1-4,7,10,12,37-38,40,43H,5-6,8-9,32H2,(H2,33,41)(H2,34,35,42);2*1-2H3/t10?,12-,27-;;/m0../s1. The Labute approximate surface area is 273 Å². The first-order valence-electron chi connectivity index (χ1n) is 15.0. The van der Waals surface area contributed by atoms with Crippen LogP contribution < -0.4 is 26.8 Å². The molecule has 0 radical (unpaired) electrons. The second-order valence-electron chi connectivity index (χ2n) is 10.6. The number of phenolic OH excluding ortho intramolecular Hbond substituents is 1. The molecule has 3 aliphatic rings. The molecule has 48 heavy (non-hydrogen) atoms. The molecule has 2 aromatic carbocycles. The fourth-order valence-corrected chi connectivity index (χ4v) is 6.00. The van der Waals surface area contributed by atoms with E-state index in [1.54, 1.807) is 0 Å². The minimum atomic E-state index is -4.88. The number of aliphatic hydroxyl groups is 3. The molecule has 10 N–H and O–H groups in total. The third-order valence-electron chi connectivity index (χ3n) is 7.96. The molecule has 0 saturated heterocycles. The number of primary amides is 1. The Morgan fingerprint density at radius 2 is 1.65 bits per heavy atom. The van der Waals surface area contributed by atoms with Gasteiger partial charge in [0.15, 0.2) is 11.4 Å². The lowest BCUT2D eigenvalue weighted by atomic mass is 9.59. The van der Waals surface area contributed by atoms with Gasteiger partial charge in [-0.25, -0.2) is 4.79 Å². The van der Waals surface area contributed by atoms with E-state index in [1.165, 1.54) is 6.07 Å². The maximum atomic E-state index is 13.6. The summed E-state index contributed by atoms with van der Waals surface area (Å²) >= 11 is 0. The second-order valence-corrected chi connectivity index (χ2v) is 10.6. The van der Waals surface area contributed by atoms with E-state index in [1.807, 2.05) is 27.7 Å². The number of alkyl halides is 3. The van der Waals surface area contributed by atoms with Gasteiger partial charge in [0, 0.05) is 41.4 Å². The number of carbonyl (C=O) groups is 4. The quantitative estimate of drug-likeness (QED) is 0.127. The first-order chi connectivity index (χ1) is 22.5. The summed E-state index contributed by atoms with van der Waals surface area (Å²) in [5, 5.41) is 49.1. The van der Waals surface area contributed by atoms with Crippen LogP contribution in [0.4, 0.5) is 29.3 Å². The highest BCUT2D eigenvalue weighted by Gasteiger charge is 2.60. The van der Waals surface area contributed by atoms with Crippen molar-refractivity contribution in [3.63, 3.8) is 0 Å². The van der Waals surface area contributed by atoms with Crippen molar-refractivity contribution in [2.24, 2.45) is 17.6 Å². The van der Waals surface area contributed by atoms with Gasteiger partial charge in [-0.15, -0.1) is 13.2 Å². The summed E-state index contributed by atoms with van der Waals surface area (Å²) in [6.45, 7) is 7.64. The van der Waals surface area contributed by atoms with Gasteiger partial charge in [-0.1, -0.05) is 27.7 Å². The van der Waals surface area contributed by atoms with Gasteiger partial charge in [-0.05, 0) is 54.7 Å². The first kappa shape index (κ1) is 37.2. The number of aromatic hydroxyl groups is 1. The molecule has 3 aliphatic carbocycles. The molecule has 13 nitrogen and oxygen atoms in total. The third-order valence-corrected chi connectivity index (χ3v) is 7.96. The normalized spacial score (nSPS) is 21.3. The molecule has 16 heteroatoms. The number of hydrogen-bond donors (Lipinski definition) is 8. The van der Waals surface area contributed by atoms with Crippen LogP contribution in [0, 0.1) is 11.8 Å². The maximum Gasteiger partial charge on any atom is 0.573 e. The van der Waals surface area contributed by atoms with Crippen LogP contribution in [0.25, 0.3) is 5.76 Å². The van der Waals surface area contributed by atoms with E-state index in [9.17, 15) is 52.8 Å². The van der Waals surface area contributed by atoms with Crippen LogP contribution in [-0.4, -0.2) is 55.9 Å². The third kappa shape index (κ3) is 6.88. The van der Waals surface area contributed by atoms with Crippen molar-refractivity contribution in [3.05, 3.63) is 63.9 Å². The summed E-state index contributed by atoms with van der Waals surface area (Å²) in [5.41, 5.74) is 7.67. The molecule has 0 spiro atoms. The summed E-state index contributed by atoms with van der Waals surface area (Å²) < 4.78 is 40.8. The topological polar surface area (TPSA) is 235 Å². The van der Waals surface area contributed by atoms with Crippen LogP contribution in [-0.2, 0) is 27.3 Å². The number of rotatable bonds is 5. The predicted molar refractivity (Wildman–Crippen MR) is 167 cm³/mol. The highest BCUT2D eigenvalue weighted by Crippen LogP contribution is 2.53. The number of anilines is 2. The molecule has 260 valence electrons. The van der Waals surface area contributed by atoms with Gasteiger partial charge in [0.25, 0.3) is 5.91 Å². The van der Waals surface area contributed by atoms with Gasteiger partial charge in [-0.2, -0.15) is 0 Å². The largest absolute Gasteiger partial charge is 0.573 e. The molecule has 5 rings (SSSR count). The molecule has 0 heterocycles. The Hall–Kier alpha value is -5.25. The summed E-state index contributed by atoms with van der Waals surface area (Å²) in [6.07, 6.45) is -5.39. The number of ether oxygens (including phenoxy) is 1. The van der Waals surface area contributed by atoms with E-state index >= 15 is 0 Å². The van der Waals surface area contributed by atoms with Gasteiger partial charge < -0.3 is 47.3 Å². The van der Waals surface area contributed by atoms with E-state index in [0.717, 1.165) is 24.3 Å².